The highest BCUT2D eigenvalue weighted by atomic mass is 16.5. The third-order valence-corrected chi connectivity index (χ3v) is 1.91. The molecule has 82 valence electrons. The van der Waals surface area contributed by atoms with E-state index in [1.807, 2.05) is 6.92 Å². The number of Topliss-reactive ketones (excluding diaryl/α,β-unsaturated/α-hetero) is 1. The SMILES string of the molecule is CCOC(=O)c1cn(CC)nc1C(C)=O. The molecule has 0 amide bonds. The van der Waals surface area contributed by atoms with Gasteiger partial charge >= 0.3 is 5.97 Å². The van der Waals surface area contributed by atoms with Crippen molar-refractivity contribution >= 4 is 11.8 Å². The Hall–Kier alpha value is -1.65. The number of ketones is 1. The van der Waals surface area contributed by atoms with Crippen molar-refractivity contribution in [2.24, 2.45) is 0 Å². The van der Waals surface area contributed by atoms with Crippen LogP contribution in [0.1, 0.15) is 41.6 Å². The molecule has 1 aromatic heterocycles. The fraction of sp³-hybridized carbons (Fsp3) is 0.500. The van der Waals surface area contributed by atoms with Gasteiger partial charge in [-0.05, 0) is 13.8 Å². The van der Waals surface area contributed by atoms with Crippen LogP contribution in [0.2, 0.25) is 0 Å². The van der Waals surface area contributed by atoms with Crippen molar-refractivity contribution in [3.63, 3.8) is 0 Å². The molecule has 0 aliphatic heterocycles. The van der Waals surface area contributed by atoms with Gasteiger partial charge in [-0.25, -0.2) is 4.79 Å². The molecule has 1 aromatic rings. The van der Waals surface area contributed by atoms with E-state index in [-0.39, 0.29) is 23.6 Å². The molecule has 0 spiro atoms. The molecule has 1 rings (SSSR count). The molecule has 0 bridgehead atoms. The van der Waals surface area contributed by atoms with Gasteiger partial charge in [-0.15, -0.1) is 0 Å². The van der Waals surface area contributed by atoms with Gasteiger partial charge in [0.25, 0.3) is 0 Å². The predicted molar refractivity (Wildman–Crippen MR) is 53.9 cm³/mol. The first-order valence-corrected chi connectivity index (χ1v) is 4.85. The zero-order chi connectivity index (χ0) is 11.4. The molecule has 5 heteroatoms. The van der Waals surface area contributed by atoms with Gasteiger partial charge in [-0.2, -0.15) is 5.10 Å². The molecule has 0 aliphatic rings. The summed E-state index contributed by atoms with van der Waals surface area (Å²) in [7, 11) is 0. The number of aromatic nitrogens is 2. The number of ether oxygens (including phenoxy) is 1. The number of carbonyl (C=O) groups is 2. The molecule has 0 fully saturated rings. The van der Waals surface area contributed by atoms with Gasteiger partial charge in [-0.1, -0.05) is 0 Å². The van der Waals surface area contributed by atoms with E-state index in [4.69, 9.17) is 4.74 Å². The zero-order valence-electron chi connectivity index (χ0n) is 9.11. The monoisotopic (exact) mass is 210 g/mol. The van der Waals surface area contributed by atoms with Gasteiger partial charge in [0, 0.05) is 19.7 Å². The summed E-state index contributed by atoms with van der Waals surface area (Å²) < 4.78 is 6.38. The Kier molecular flexibility index (Phi) is 3.60. The second-order valence-electron chi connectivity index (χ2n) is 3.02. The highest BCUT2D eigenvalue weighted by Gasteiger charge is 2.19. The van der Waals surface area contributed by atoms with E-state index in [1.54, 1.807) is 11.6 Å². The highest BCUT2D eigenvalue weighted by molar-refractivity contribution is 6.03. The average molecular weight is 210 g/mol. The first kappa shape index (κ1) is 11.4. The number of esters is 1. The lowest BCUT2D eigenvalue weighted by atomic mass is 10.2. The minimum atomic E-state index is -0.498. The normalized spacial score (nSPS) is 10.1. The van der Waals surface area contributed by atoms with Crippen LogP contribution >= 0.6 is 0 Å². The van der Waals surface area contributed by atoms with E-state index in [0.717, 1.165) is 0 Å². The van der Waals surface area contributed by atoms with E-state index in [2.05, 4.69) is 5.10 Å². The average Bonchev–Trinajstić information content (AvgIpc) is 2.61. The van der Waals surface area contributed by atoms with Crippen molar-refractivity contribution in [1.29, 1.82) is 0 Å². The second-order valence-corrected chi connectivity index (χ2v) is 3.02. The van der Waals surface area contributed by atoms with Gasteiger partial charge in [0.05, 0.1) is 6.61 Å². The van der Waals surface area contributed by atoms with E-state index in [0.29, 0.717) is 6.54 Å². The molecule has 0 N–H and O–H groups in total. The molecule has 0 atom stereocenters. The van der Waals surface area contributed by atoms with E-state index >= 15 is 0 Å². The standard InChI is InChI=1S/C10H14N2O3/c1-4-12-6-8(10(14)15-5-2)9(11-12)7(3)13/h6H,4-5H2,1-3H3. The maximum Gasteiger partial charge on any atom is 0.342 e. The quantitative estimate of drug-likeness (QED) is 0.554. The van der Waals surface area contributed by atoms with Crippen molar-refractivity contribution in [3.05, 3.63) is 17.5 Å². The van der Waals surface area contributed by atoms with Crippen LogP contribution in [0.15, 0.2) is 6.20 Å². The van der Waals surface area contributed by atoms with Crippen LogP contribution < -0.4 is 0 Å². The van der Waals surface area contributed by atoms with Crippen molar-refractivity contribution in [1.82, 2.24) is 9.78 Å². The molecule has 0 aliphatic carbocycles. The number of hydrogen-bond acceptors (Lipinski definition) is 4. The summed E-state index contributed by atoms with van der Waals surface area (Å²) >= 11 is 0. The van der Waals surface area contributed by atoms with E-state index in [9.17, 15) is 9.59 Å². The molecule has 1 heterocycles. The predicted octanol–water partition coefficient (Wildman–Crippen LogP) is 1.28. The number of hydrogen-bond donors (Lipinski definition) is 0. The number of aryl methyl sites for hydroxylation is 1. The highest BCUT2D eigenvalue weighted by Crippen LogP contribution is 2.09. The maximum atomic E-state index is 11.5. The molecule has 0 radical (unpaired) electrons. The zero-order valence-corrected chi connectivity index (χ0v) is 9.11. The Bertz CT molecular complexity index is 382. The summed E-state index contributed by atoms with van der Waals surface area (Å²) in [5, 5.41) is 4.00. The number of carbonyl (C=O) groups excluding carboxylic acids is 2. The van der Waals surface area contributed by atoms with Gasteiger partial charge in [0.2, 0.25) is 0 Å². The molecule has 0 saturated heterocycles. The smallest absolute Gasteiger partial charge is 0.342 e. The number of nitrogens with zero attached hydrogens (tertiary/aromatic N) is 2. The van der Waals surface area contributed by atoms with Crippen molar-refractivity contribution in [3.8, 4) is 0 Å². The van der Waals surface area contributed by atoms with Gasteiger partial charge in [0.1, 0.15) is 11.3 Å². The fourth-order valence-corrected chi connectivity index (χ4v) is 1.20. The molecule has 0 saturated carbocycles. The fourth-order valence-electron chi connectivity index (χ4n) is 1.20. The summed E-state index contributed by atoms with van der Waals surface area (Å²) in [4.78, 5) is 22.7. The topological polar surface area (TPSA) is 61.2 Å². The minimum absolute atomic E-state index is 0.176. The summed E-state index contributed by atoms with van der Waals surface area (Å²) in [6, 6.07) is 0. The summed E-state index contributed by atoms with van der Waals surface area (Å²) in [5.74, 6) is -0.729. The molecule has 5 nitrogen and oxygen atoms in total. The Morgan fingerprint density at radius 2 is 2.13 bits per heavy atom. The minimum Gasteiger partial charge on any atom is -0.462 e. The Morgan fingerprint density at radius 1 is 1.47 bits per heavy atom. The first-order chi connectivity index (χ1) is 7.10. The van der Waals surface area contributed by atoms with Crippen LogP contribution in [0, 0.1) is 0 Å². The van der Waals surface area contributed by atoms with Crippen LogP contribution in [-0.4, -0.2) is 28.1 Å². The maximum absolute atomic E-state index is 11.5. The Labute approximate surface area is 88.0 Å². The van der Waals surface area contributed by atoms with Crippen LogP contribution in [-0.2, 0) is 11.3 Å². The van der Waals surface area contributed by atoms with Crippen molar-refractivity contribution < 1.29 is 14.3 Å². The largest absolute Gasteiger partial charge is 0.462 e. The van der Waals surface area contributed by atoms with Gasteiger partial charge < -0.3 is 4.74 Å². The van der Waals surface area contributed by atoms with E-state index in [1.165, 1.54) is 13.1 Å². The van der Waals surface area contributed by atoms with Crippen LogP contribution in [0.3, 0.4) is 0 Å². The van der Waals surface area contributed by atoms with E-state index < -0.39 is 5.97 Å². The van der Waals surface area contributed by atoms with Crippen LogP contribution in [0.4, 0.5) is 0 Å². The summed E-state index contributed by atoms with van der Waals surface area (Å²) in [5.41, 5.74) is 0.418. The third-order valence-electron chi connectivity index (χ3n) is 1.91. The summed E-state index contributed by atoms with van der Waals surface area (Å²) in [6.45, 7) is 5.87. The van der Waals surface area contributed by atoms with Crippen molar-refractivity contribution in [2.75, 3.05) is 6.61 Å². The number of rotatable bonds is 4. The molecule has 0 aromatic carbocycles. The van der Waals surface area contributed by atoms with Crippen molar-refractivity contribution in [2.45, 2.75) is 27.3 Å². The lowest BCUT2D eigenvalue weighted by Crippen LogP contribution is -2.08. The summed E-state index contributed by atoms with van der Waals surface area (Å²) in [6.07, 6.45) is 1.54. The molecule has 0 unspecified atom stereocenters. The molecule has 15 heavy (non-hydrogen) atoms. The second kappa shape index (κ2) is 4.72. The van der Waals surface area contributed by atoms with Crippen LogP contribution in [0.25, 0.3) is 0 Å². The lowest BCUT2D eigenvalue weighted by Gasteiger charge is -1.98. The molecular formula is C10H14N2O3. The van der Waals surface area contributed by atoms with Crippen LogP contribution in [0.5, 0.6) is 0 Å². The Balaban J connectivity index is 3.09. The van der Waals surface area contributed by atoms with Gasteiger partial charge in [-0.3, -0.25) is 9.48 Å². The van der Waals surface area contributed by atoms with Gasteiger partial charge in [0.15, 0.2) is 5.78 Å². The Morgan fingerprint density at radius 3 is 2.60 bits per heavy atom. The molecular weight excluding hydrogens is 196 g/mol. The lowest BCUT2D eigenvalue weighted by molar-refractivity contribution is 0.0523. The third kappa shape index (κ3) is 2.43. The first-order valence-electron chi connectivity index (χ1n) is 4.85.